The lowest BCUT2D eigenvalue weighted by Crippen LogP contribution is -2.48. The van der Waals surface area contributed by atoms with Gasteiger partial charge in [0.1, 0.15) is 18.2 Å². The Morgan fingerprint density at radius 2 is 1.78 bits per heavy atom. The van der Waals surface area contributed by atoms with Crippen molar-refractivity contribution in [3.63, 3.8) is 0 Å². The van der Waals surface area contributed by atoms with E-state index in [1.807, 2.05) is 79.9 Å². The van der Waals surface area contributed by atoms with Crippen molar-refractivity contribution in [3.05, 3.63) is 124 Å². The molecule has 1 saturated heterocycles. The van der Waals surface area contributed by atoms with Gasteiger partial charge in [-0.05, 0) is 91.4 Å². The lowest BCUT2D eigenvalue weighted by atomic mass is 9.96. The highest BCUT2D eigenvalue weighted by molar-refractivity contribution is 7.09. The van der Waals surface area contributed by atoms with Crippen LogP contribution in [0.25, 0.3) is 22.0 Å². The number of piperidine rings is 1. The number of likely N-dealkylation sites (tertiary alicyclic amines) is 1. The van der Waals surface area contributed by atoms with Crippen LogP contribution in [0.15, 0.2) is 90.6 Å². The fourth-order valence-corrected chi connectivity index (χ4v) is 7.28. The number of benzene rings is 3. The van der Waals surface area contributed by atoms with Gasteiger partial charge in [-0.1, -0.05) is 49.4 Å². The van der Waals surface area contributed by atoms with Gasteiger partial charge in [0.05, 0.1) is 22.0 Å². The second kappa shape index (κ2) is 15.2. The van der Waals surface area contributed by atoms with Gasteiger partial charge in [-0.3, -0.25) is 0 Å². The summed E-state index contributed by atoms with van der Waals surface area (Å²) >= 11 is 1.60. The van der Waals surface area contributed by atoms with Crippen LogP contribution in [0.2, 0.25) is 0 Å². The predicted octanol–water partition coefficient (Wildman–Crippen LogP) is 8.94. The summed E-state index contributed by atoms with van der Waals surface area (Å²) in [5.74, 6) is 1.44. The van der Waals surface area contributed by atoms with Crippen LogP contribution in [0.4, 0.5) is 15.1 Å². The molecule has 0 unspecified atom stereocenters. The average Bonchev–Trinajstić information content (AvgIpc) is 3.56. The van der Waals surface area contributed by atoms with Gasteiger partial charge < -0.3 is 19.7 Å². The first-order valence-corrected chi connectivity index (χ1v) is 18.0. The maximum absolute atomic E-state index is 15.2. The minimum Gasteiger partial charge on any atom is -0.445 e. The highest BCUT2D eigenvalue weighted by Crippen LogP contribution is 2.38. The van der Waals surface area contributed by atoms with Crippen LogP contribution in [0.3, 0.4) is 0 Å². The van der Waals surface area contributed by atoms with Gasteiger partial charge in [-0.25, -0.2) is 29.1 Å². The zero-order valence-corrected chi connectivity index (χ0v) is 29.6. The number of rotatable bonds is 10. The fourth-order valence-electron chi connectivity index (χ4n) is 6.63. The first-order chi connectivity index (χ1) is 24.8. The van der Waals surface area contributed by atoms with Crippen molar-refractivity contribution < 1.29 is 18.7 Å². The van der Waals surface area contributed by atoms with Gasteiger partial charge in [0.2, 0.25) is 11.8 Å². The number of amides is 1. The number of pyridine rings is 1. The molecule has 1 N–H and O–H groups in total. The van der Waals surface area contributed by atoms with Crippen LogP contribution < -0.4 is 10.1 Å². The summed E-state index contributed by atoms with van der Waals surface area (Å²) in [6, 6.07) is 22.3. The molecule has 7 rings (SSSR count). The Hall–Kier alpha value is -5.42. The van der Waals surface area contributed by atoms with Crippen molar-refractivity contribution in [3.8, 4) is 22.9 Å². The van der Waals surface area contributed by atoms with Crippen molar-refractivity contribution >= 4 is 34.2 Å². The SMILES string of the molecule is Cc1nc(CCc2c(F)ccc3c(Oc4ncccc4-c4ccnc(N[C@H]5C[C@@H](C)CN(C(=O)OCc6ccccc6)C5)n4)c(C)ccc23)cs1. The van der Waals surface area contributed by atoms with E-state index in [-0.39, 0.29) is 30.5 Å². The topological polar surface area (TPSA) is 102 Å². The zero-order valence-electron chi connectivity index (χ0n) is 28.8. The largest absolute Gasteiger partial charge is 0.445 e. The standard InChI is InChI=1S/C40H39FN6O3S/c1-25-20-30(22-47(21-25)40(48)49-23-28-8-5-4-6-9-28)45-39-43-19-17-36(46-39)34-10-7-18-42-38(34)50-37-26(2)11-13-31-32(35(41)16-15-33(31)37)14-12-29-24-51-27(3)44-29/h4-11,13,15-19,24-25,30H,12,14,20-23H2,1-3H3,(H,43,45,46)/t25-,30+/m1/s1. The van der Waals surface area contributed by atoms with Crippen LogP contribution >= 0.6 is 11.3 Å². The predicted molar refractivity (Wildman–Crippen MR) is 198 cm³/mol. The smallest absolute Gasteiger partial charge is 0.410 e. The molecule has 0 aliphatic carbocycles. The third-order valence-corrected chi connectivity index (χ3v) is 9.88. The highest BCUT2D eigenvalue weighted by atomic mass is 32.1. The number of aryl methyl sites for hydroxylation is 4. The number of nitrogens with zero attached hydrogens (tertiary/aromatic N) is 5. The van der Waals surface area contributed by atoms with E-state index in [1.54, 1.807) is 34.7 Å². The summed E-state index contributed by atoms with van der Waals surface area (Å²) in [7, 11) is 0. The average molecular weight is 703 g/mol. The molecular weight excluding hydrogens is 664 g/mol. The highest BCUT2D eigenvalue weighted by Gasteiger charge is 2.29. The minimum absolute atomic E-state index is 0.0645. The van der Waals surface area contributed by atoms with Crippen molar-refractivity contribution in [1.29, 1.82) is 0 Å². The molecular formula is C40H39FN6O3S. The maximum atomic E-state index is 15.2. The van der Waals surface area contributed by atoms with Gasteiger partial charge in [0.25, 0.3) is 0 Å². The van der Waals surface area contributed by atoms with E-state index in [0.29, 0.717) is 60.3 Å². The molecule has 1 amide bonds. The molecule has 0 saturated carbocycles. The Morgan fingerprint density at radius 1 is 0.941 bits per heavy atom. The Balaban J connectivity index is 1.09. The molecule has 9 nitrogen and oxygen atoms in total. The number of hydrogen-bond acceptors (Lipinski definition) is 9. The van der Waals surface area contributed by atoms with Crippen molar-refractivity contribution in [2.24, 2.45) is 5.92 Å². The van der Waals surface area contributed by atoms with Gasteiger partial charge >= 0.3 is 6.09 Å². The van der Waals surface area contributed by atoms with E-state index >= 15 is 4.39 Å². The van der Waals surface area contributed by atoms with Gasteiger partial charge in [0.15, 0.2) is 0 Å². The molecule has 4 heterocycles. The van der Waals surface area contributed by atoms with Crippen molar-refractivity contribution in [2.75, 3.05) is 18.4 Å². The van der Waals surface area contributed by atoms with Crippen molar-refractivity contribution in [1.82, 2.24) is 24.8 Å². The first kappa shape index (κ1) is 34.0. The molecule has 1 fully saturated rings. The quantitative estimate of drug-likeness (QED) is 0.151. The fraction of sp³-hybridized carbons (Fsp3) is 0.275. The molecule has 0 spiro atoms. The van der Waals surface area contributed by atoms with Crippen LogP contribution in [0, 0.1) is 25.6 Å². The summed E-state index contributed by atoms with van der Waals surface area (Å²) in [6.07, 6.45) is 5.06. The molecule has 0 bridgehead atoms. The third-order valence-electron chi connectivity index (χ3n) is 9.06. The van der Waals surface area contributed by atoms with E-state index in [2.05, 4.69) is 27.2 Å². The third kappa shape index (κ3) is 7.99. The Morgan fingerprint density at radius 3 is 2.61 bits per heavy atom. The monoisotopic (exact) mass is 702 g/mol. The van der Waals surface area contributed by atoms with Gasteiger partial charge in [0, 0.05) is 42.3 Å². The number of halogens is 1. The summed E-state index contributed by atoms with van der Waals surface area (Å²) in [4.78, 5) is 33.2. The molecule has 51 heavy (non-hydrogen) atoms. The zero-order chi connectivity index (χ0) is 35.3. The van der Waals surface area contributed by atoms with Gasteiger partial charge in [-0.15, -0.1) is 11.3 Å². The normalized spacial score (nSPS) is 15.9. The lowest BCUT2D eigenvalue weighted by molar-refractivity contribution is 0.0783. The Bertz CT molecular complexity index is 2160. The summed E-state index contributed by atoms with van der Waals surface area (Å²) < 4.78 is 27.4. The van der Waals surface area contributed by atoms with Crippen LogP contribution in [0.1, 0.15) is 40.7 Å². The molecule has 3 aromatic carbocycles. The number of nitrogens with one attached hydrogen (secondary N) is 1. The molecule has 2 atom stereocenters. The minimum atomic E-state index is -0.336. The summed E-state index contributed by atoms with van der Waals surface area (Å²) in [5, 5.41) is 8.08. The summed E-state index contributed by atoms with van der Waals surface area (Å²) in [6.45, 7) is 7.39. The molecule has 0 radical (unpaired) electrons. The summed E-state index contributed by atoms with van der Waals surface area (Å²) in [5.41, 5.74) is 4.75. The van der Waals surface area contributed by atoms with E-state index in [0.717, 1.165) is 39.0 Å². The molecule has 260 valence electrons. The molecule has 1 aliphatic heterocycles. The number of ether oxygens (including phenoxy) is 2. The first-order valence-electron chi connectivity index (χ1n) is 17.1. The molecule has 11 heteroatoms. The molecule has 3 aromatic heterocycles. The molecule has 6 aromatic rings. The number of aromatic nitrogens is 4. The number of hydrogen-bond donors (Lipinski definition) is 1. The number of carbonyl (C=O) groups is 1. The maximum Gasteiger partial charge on any atom is 0.410 e. The number of anilines is 1. The molecule has 1 aliphatic rings. The van der Waals surface area contributed by atoms with Crippen molar-refractivity contribution in [2.45, 2.75) is 52.7 Å². The van der Waals surface area contributed by atoms with E-state index in [4.69, 9.17) is 14.5 Å². The van der Waals surface area contributed by atoms with Crippen LogP contribution in [0.5, 0.6) is 11.6 Å². The van der Waals surface area contributed by atoms with Crippen LogP contribution in [-0.2, 0) is 24.2 Å². The van der Waals surface area contributed by atoms with E-state index in [9.17, 15) is 4.79 Å². The lowest BCUT2D eigenvalue weighted by Gasteiger charge is -2.36. The van der Waals surface area contributed by atoms with E-state index < -0.39 is 0 Å². The number of carbonyl (C=O) groups excluding carboxylic acids is 1. The second-order valence-electron chi connectivity index (χ2n) is 13.0. The number of fused-ring (bicyclic) bond motifs is 1. The second-order valence-corrected chi connectivity index (χ2v) is 14.1. The van der Waals surface area contributed by atoms with Gasteiger partial charge in [-0.2, -0.15) is 0 Å². The van der Waals surface area contributed by atoms with E-state index in [1.165, 1.54) is 6.07 Å². The Kier molecular flexibility index (Phi) is 10.2. The van der Waals surface area contributed by atoms with Crippen LogP contribution in [-0.4, -0.2) is 50.1 Å². The number of thiazole rings is 1. The Labute approximate surface area is 300 Å².